The lowest BCUT2D eigenvalue weighted by Gasteiger charge is -2.33. The molecule has 3 rings (SSSR count). The molecule has 1 saturated heterocycles. The Morgan fingerprint density at radius 1 is 1.14 bits per heavy atom. The fourth-order valence-corrected chi connectivity index (χ4v) is 3.20. The van der Waals surface area contributed by atoms with Crippen molar-refractivity contribution in [1.82, 2.24) is 9.21 Å². The molecule has 0 spiro atoms. The van der Waals surface area contributed by atoms with Crippen LogP contribution in [0, 0.1) is 0 Å². The van der Waals surface area contributed by atoms with Crippen molar-refractivity contribution < 1.29 is 22.7 Å². The Balaban J connectivity index is 1.59. The zero-order chi connectivity index (χ0) is 15.7. The second-order valence-electron chi connectivity index (χ2n) is 5.19. The second-order valence-corrected chi connectivity index (χ2v) is 6.74. The minimum atomic E-state index is -3.68. The molecule has 0 aliphatic carbocycles. The summed E-state index contributed by atoms with van der Waals surface area (Å²) in [6.07, 6.45) is 0.242. The standard InChI is InChI=1S/C13H17N3O5S/c14-22(18,19)16-5-3-15(4-6-16)13(17)8-10-1-2-11-12(7-10)21-9-20-11/h1-2,7H,3-6,8-9H2,(H2,14,18,19). The van der Waals surface area contributed by atoms with E-state index in [-0.39, 0.29) is 32.2 Å². The highest BCUT2D eigenvalue weighted by Crippen LogP contribution is 2.32. The topological polar surface area (TPSA) is 102 Å². The number of nitrogens with zero attached hydrogens (tertiary/aromatic N) is 2. The molecule has 22 heavy (non-hydrogen) atoms. The summed E-state index contributed by atoms with van der Waals surface area (Å²) in [5.74, 6) is 1.27. The predicted molar refractivity (Wildman–Crippen MR) is 77.5 cm³/mol. The Morgan fingerprint density at radius 3 is 2.50 bits per heavy atom. The molecular formula is C13H17N3O5S. The number of carbonyl (C=O) groups is 1. The number of fused-ring (bicyclic) bond motifs is 1. The summed E-state index contributed by atoms with van der Waals surface area (Å²) in [5, 5.41) is 5.08. The number of ether oxygens (including phenoxy) is 2. The van der Waals surface area contributed by atoms with Crippen LogP contribution in [0.3, 0.4) is 0 Å². The van der Waals surface area contributed by atoms with Crippen molar-refractivity contribution in [3.63, 3.8) is 0 Å². The van der Waals surface area contributed by atoms with Crippen molar-refractivity contribution in [3.05, 3.63) is 23.8 Å². The smallest absolute Gasteiger partial charge is 0.277 e. The van der Waals surface area contributed by atoms with Crippen molar-refractivity contribution in [2.45, 2.75) is 6.42 Å². The van der Waals surface area contributed by atoms with E-state index < -0.39 is 10.2 Å². The molecule has 8 nitrogen and oxygen atoms in total. The van der Waals surface area contributed by atoms with Gasteiger partial charge in [-0.1, -0.05) is 6.07 Å². The van der Waals surface area contributed by atoms with E-state index in [2.05, 4.69) is 0 Å². The normalized spacial score (nSPS) is 18.5. The van der Waals surface area contributed by atoms with Crippen molar-refractivity contribution in [1.29, 1.82) is 0 Å². The van der Waals surface area contributed by atoms with Crippen LogP contribution in [-0.2, 0) is 21.4 Å². The number of carbonyl (C=O) groups excluding carboxylic acids is 1. The first-order valence-electron chi connectivity index (χ1n) is 6.87. The quantitative estimate of drug-likeness (QED) is 0.791. The van der Waals surface area contributed by atoms with E-state index in [4.69, 9.17) is 14.6 Å². The molecule has 1 fully saturated rings. The van der Waals surface area contributed by atoms with Crippen LogP contribution in [-0.4, -0.2) is 56.5 Å². The largest absolute Gasteiger partial charge is 0.454 e. The summed E-state index contributed by atoms with van der Waals surface area (Å²) in [5.41, 5.74) is 0.836. The molecule has 1 amide bonds. The monoisotopic (exact) mass is 327 g/mol. The summed E-state index contributed by atoms with van der Waals surface area (Å²) < 4.78 is 34.2. The molecule has 0 aromatic heterocycles. The van der Waals surface area contributed by atoms with E-state index in [0.29, 0.717) is 24.6 Å². The van der Waals surface area contributed by atoms with E-state index in [1.807, 2.05) is 6.07 Å². The van der Waals surface area contributed by atoms with Crippen LogP contribution in [0.4, 0.5) is 0 Å². The number of piperazine rings is 1. The molecular weight excluding hydrogens is 310 g/mol. The highest BCUT2D eigenvalue weighted by atomic mass is 32.2. The first-order valence-corrected chi connectivity index (χ1v) is 8.38. The third kappa shape index (κ3) is 3.16. The molecule has 2 aliphatic heterocycles. The van der Waals surface area contributed by atoms with Crippen molar-refractivity contribution in [2.24, 2.45) is 5.14 Å². The number of rotatable bonds is 3. The average Bonchev–Trinajstić information content (AvgIpc) is 2.94. The van der Waals surface area contributed by atoms with Gasteiger partial charge in [-0.2, -0.15) is 12.7 Å². The zero-order valence-electron chi connectivity index (χ0n) is 11.9. The Kier molecular flexibility index (Phi) is 3.94. The number of benzene rings is 1. The lowest BCUT2D eigenvalue weighted by Crippen LogP contribution is -2.52. The second kappa shape index (κ2) is 5.75. The number of amides is 1. The fraction of sp³-hybridized carbons (Fsp3) is 0.462. The Hall–Kier alpha value is -1.84. The van der Waals surface area contributed by atoms with Gasteiger partial charge in [0.1, 0.15) is 0 Å². The predicted octanol–water partition coefficient (Wildman–Crippen LogP) is -0.694. The van der Waals surface area contributed by atoms with Crippen molar-refractivity contribution in [2.75, 3.05) is 33.0 Å². The van der Waals surface area contributed by atoms with Crippen LogP contribution >= 0.6 is 0 Å². The summed E-state index contributed by atoms with van der Waals surface area (Å²) in [6.45, 7) is 1.35. The number of hydrogen-bond donors (Lipinski definition) is 1. The van der Waals surface area contributed by atoms with Gasteiger partial charge >= 0.3 is 0 Å². The van der Waals surface area contributed by atoms with Gasteiger partial charge in [0.05, 0.1) is 6.42 Å². The molecule has 0 atom stereocenters. The molecule has 0 radical (unpaired) electrons. The van der Waals surface area contributed by atoms with Crippen LogP contribution in [0.1, 0.15) is 5.56 Å². The van der Waals surface area contributed by atoms with Gasteiger partial charge < -0.3 is 14.4 Å². The van der Waals surface area contributed by atoms with Gasteiger partial charge in [0.25, 0.3) is 10.2 Å². The van der Waals surface area contributed by atoms with Crippen LogP contribution < -0.4 is 14.6 Å². The molecule has 0 unspecified atom stereocenters. The van der Waals surface area contributed by atoms with Crippen molar-refractivity contribution >= 4 is 16.1 Å². The van der Waals surface area contributed by atoms with Crippen LogP contribution in [0.15, 0.2) is 18.2 Å². The summed E-state index contributed by atoms with van der Waals surface area (Å²) in [7, 11) is -3.68. The maximum atomic E-state index is 12.3. The maximum Gasteiger partial charge on any atom is 0.277 e. The van der Waals surface area contributed by atoms with Gasteiger partial charge in [-0.3, -0.25) is 4.79 Å². The third-order valence-electron chi connectivity index (χ3n) is 3.74. The van der Waals surface area contributed by atoms with Crippen LogP contribution in [0.5, 0.6) is 11.5 Å². The zero-order valence-corrected chi connectivity index (χ0v) is 12.7. The SMILES string of the molecule is NS(=O)(=O)N1CCN(C(=O)Cc2ccc3c(c2)OCO3)CC1. The van der Waals surface area contributed by atoms with Gasteiger partial charge in [-0.15, -0.1) is 0 Å². The molecule has 1 aromatic rings. The van der Waals surface area contributed by atoms with Crippen molar-refractivity contribution in [3.8, 4) is 11.5 Å². The van der Waals surface area contributed by atoms with Gasteiger partial charge in [-0.05, 0) is 17.7 Å². The first-order chi connectivity index (χ1) is 10.4. The van der Waals surface area contributed by atoms with Gasteiger partial charge in [0.15, 0.2) is 11.5 Å². The number of nitrogens with two attached hydrogens (primary N) is 1. The molecule has 1 aromatic carbocycles. The molecule has 2 heterocycles. The molecule has 0 bridgehead atoms. The summed E-state index contributed by atoms with van der Waals surface area (Å²) in [4.78, 5) is 13.9. The molecule has 9 heteroatoms. The minimum Gasteiger partial charge on any atom is -0.454 e. The van der Waals surface area contributed by atoms with E-state index >= 15 is 0 Å². The maximum absolute atomic E-state index is 12.3. The van der Waals surface area contributed by atoms with E-state index in [0.717, 1.165) is 5.56 Å². The van der Waals surface area contributed by atoms with E-state index in [9.17, 15) is 13.2 Å². The summed E-state index contributed by atoms with van der Waals surface area (Å²) >= 11 is 0. The Morgan fingerprint density at radius 2 is 1.82 bits per heavy atom. The van der Waals surface area contributed by atoms with Crippen LogP contribution in [0.2, 0.25) is 0 Å². The van der Waals surface area contributed by atoms with Crippen LogP contribution in [0.25, 0.3) is 0 Å². The van der Waals surface area contributed by atoms with Gasteiger partial charge in [0.2, 0.25) is 12.7 Å². The lowest BCUT2D eigenvalue weighted by molar-refractivity contribution is -0.131. The number of hydrogen-bond acceptors (Lipinski definition) is 5. The molecule has 0 saturated carbocycles. The lowest BCUT2D eigenvalue weighted by atomic mass is 10.1. The Labute approximate surface area is 128 Å². The highest BCUT2D eigenvalue weighted by Gasteiger charge is 2.26. The fourth-order valence-electron chi connectivity index (χ4n) is 2.53. The third-order valence-corrected chi connectivity index (χ3v) is 4.83. The van der Waals surface area contributed by atoms with E-state index in [1.54, 1.807) is 17.0 Å². The minimum absolute atomic E-state index is 0.0482. The van der Waals surface area contributed by atoms with Gasteiger partial charge in [-0.25, -0.2) is 5.14 Å². The highest BCUT2D eigenvalue weighted by molar-refractivity contribution is 7.86. The Bertz CT molecular complexity index is 683. The van der Waals surface area contributed by atoms with E-state index in [1.165, 1.54) is 4.31 Å². The average molecular weight is 327 g/mol. The molecule has 120 valence electrons. The molecule has 2 aliphatic rings. The summed E-state index contributed by atoms with van der Waals surface area (Å²) in [6, 6.07) is 5.40. The molecule has 2 N–H and O–H groups in total. The first kappa shape index (κ1) is 15.1. The van der Waals surface area contributed by atoms with Gasteiger partial charge in [0, 0.05) is 26.2 Å².